The van der Waals surface area contributed by atoms with E-state index in [1.54, 1.807) is 17.8 Å². The van der Waals surface area contributed by atoms with E-state index in [9.17, 15) is 9.59 Å². The van der Waals surface area contributed by atoms with Gasteiger partial charge in [-0.25, -0.2) is 9.59 Å². The van der Waals surface area contributed by atoms with E-state index in [4.69, 9.17) is 9.47 Å². The summed E-state index contributed by atoms with van der Waals surface area (Å²) in [5.41, 5.74) is 0. The zero-order valence-electron chi connectivity index (χ0n) is 10.0. The second kappa shape index (κ2) is 6.29. The lowest BCUT2D eigenvalue weighted by atomic mass is 10.3. The molecule has 0 fully saturated rings. The molecule has 0 aliphatic carbocycles. The van der Waals surface area contributed by atoms with Crippen molar-refractivity contribution >= 4 is 23.7 Å². The van der Waals surface area contributed by atoms with Gasteiger partial charge in [0.2, 0.25) is 0 Å². The number of hydrogen-bond acceptors (Lipinski definition) is 6. The number of esters is 2. The van der Waals surface area contributed by atoms with Gasteiger partial charge in [0.1, 0.15) is 5.75 Å². The van der Waals surface area contributed by atoms with Crippen LogP contribution in [0.1, 0.15) is 0 Å². The second-order valence-corrected chi connectivity index (χ2v) is 4.67. The molecular weight excluding hydrogens is 268 g/mol. The molecule has 0 saturated heterocycles. The Labute approximate surface area is 114 Å². The van der Waals surface area contributed by atoms with Gasteiger partial charge >= 0.3 is 11.9 Å². The van der Waals surface area contributed by atoms with Crippen molar-refractivity contribution in [2.45, 2.75) is 11.2 Å². The highest BCUT2D eigenvalue weighted by Crippen LogP contribution is 2.35. The maximum Gasteiger partial charge on any atom is 0.347 e. The summed E-state index contributed by atoms with van der Waals surface area (Å²) in [6.45, 7) is 2.78. The van der Waals surface area contributed by atoms with Gasteiger partial charge in [0.05, 0.1) is 5.75 Å². The first kappa shape index (κ1) is 13.5. The van der Waals surface area contributed by atoms with Crippen molar-refractivity contribution in [2.24, 2.45) is 0 Å². The maximum atomic E-state index is 11.4. The average Bonchev–Trinajstić information content (AvgIpc) is 2.44. The Bertz CT molecular complexity index is 500. The van der Waals surface area contributed by atoms with Gasteiger partial charge in [-0.05, 0) is 12.1 Å². The van der Waals surface area contributed by atoms with E-state index in [0.29, 0.717) is 11.5 Å². The lowest BCUT2D eigenvalue weighted by Crippen LogP contribution is -2.31. The minimum atomic E-state index is -0.671. The summed E-state index contributed by atoms with van der Waals surface area (Å²) < 4.78 is 15.1. The summed E-state index contributed by atoms with van der Waals surface area (Å²) >= 11 is 1.54. The molecule has 1 atom stereocenters. The SMILES string of the molecule is C=CC(=O)OCC(=O)OC1CSc2ccccc2O1. The number of hydrogen-bond donors (Lipinski definition) is 0. The first-order valence-corrected chi connectivity index (χ1v) is 6.55. The van der Waals surface area contributed by atoms with E-state index < -0.39 is 24.8 Å². The zero-order valence-corrected chi connectivity index (χ0v) is 10.9. The van der Waals surface area contributed by atoms with Crippen molar-refractivity contribution in [3.05, 3.63) is 36.9 Å². The summed E-state index contributed by atoms with van der Waals surface area (Å²) in [5, 5.41) is 0. The third-order valence-corrected chi connectivity index (χ3v) is 3.33. The van der Waals surface area contributed by atoms with Crippen LogP contribution in [0, 0.1) is 0 Å². The molecule has 19 heavy (non-hydrogen) atoms. The summed E-state index contributed by atoms with van der Waals surface area (Å²) in [5.74, 6) is -0.140. The van der Waals surface area contributed by atoms with Crippen LogP contribution in [0.4, 0.5) is 0 Å². The Balaban J connectivity index is 1.83. The third kappa shape index (κ3) is 3.75. The molecule has 0 aromatic heterocycles. The minimum Gasteiger partial charge on any atom is -0.453 e. The monoisotopic (exact) mass is 280 g/mol. The van der Waals surface area contributed by atoms with Crippen molar-refractivity contribution in [1.29, 1.82) is 0 Å². The highest BCUT2D eigenvalue weighted by molar-refractivity contribution is 7.99. The first-order chi connectivity index (χ1) is 9.19. The van der Waals surface area contributed by atoms with Crippen LogP contribution in [0.2, 0.25) is 0 Å². The second-order valence-electron chi connectivity index (χ2n) is 3.61. The van der Waals surface area contributed by atoms with Gasteiger partial charge in [-0.1, -0.05) is 18.7 Å². The van der Waals surface area contributed by atoms with Gasteiger partial charge in [0.15, 0.2) is 6.61 Å². The van der Waals surface area contributed by atoms with E-state index >= 15 is 0 Å². The molecule has 6 heteroatoms. The molecule has 0 radical (unpaired) electrons. The summed E-state index contributed by atoms with van der Waals surface area (Å²) in [6.07, 6.45) is 0.311. The largest absolute Gasteiger partial charge is 0.453 e. The Morgan fingerprint density at radius 1 is 1.47 bits per heavy atom. The molecular formula is C13H12O5S. The van der Waals surface area contributed by atoms with Crippen LogP contribution in [0.15, 0.2) is 41.8 Å². The Morgan fingerprint density at radius 2 is 2.26 bits per heavy atom. The fourth-order valence-corrected chi connectivity index (χ4v) is 2.31. The number of para-hydroxylation sites is 1. The van der Waals surface area contributed by atoms with E-state index in [0.717, 1.165) is 11.0 Å². The van der Waals surface area contributed by atoms with Gasteiger partial charge in [0.25, 0.3) is 6.29 Å². The molecule has 0 N–H and O–H groups in total. The van der Waals surface area contributed by atoms with E-state index in [1.165, 1.54) is 0 Å². The van der Waals surface area contributed by atoms with Crippen molar-refractivity contribution in [1.82, 2.24) is 0 Å². The predicted octanol–water partition coefficient (Wildman–Crippen LogP) is 1.77. The third-order valence-electron chi connectivity index (χ3n) is 2.24. The van der Waals surface area contributed by atoms with E-state index in [1.807, 2.05) is 18.2 Å². The summed E-state index contributed by atoms with van der Waals surface area (Å²) in [7, 11) is 0. The topological polar surface area (TPSA) is 61.8 Å². The fourth-order valence-electron chi connectivity index (χ4n) is 1.43. The molecule has 0 saturated carbocycles. The summed E-state index contributed by atoms with van der Waals surface area (Å²) in [6, 6.07) is 7.50. The minimum absolute atomic E-state index is 0.447. The molecule has 2 rings (SSSR count). The number of thioether (sulfide) groups is 1. The normalized spacial score (nSPS) is 16.7. The van der Waals surface area contributed by atoms with Gasteiger partial charge in [-0.3, -0.25) is 0 Å². The Morgan fingerprint density at radius 3 is 3.05 bits per heavy atom. The van der Waals surface area contributed by atoms with Crippen LogP contribution in [0.25, 0.3) is 0 Å². The molecule has 5 nitrogen and oxygen atoms in total. The molecule has 1 aromatic carbocycles. The predicted molar refractivity (Wildman–Crippen MR) is 68.8 cm³/mol. The lowest BCUT2D eigenvalue weighted by molar-refractivity contribution is -0.169. The molecule has 0 amide bonds. The Hall–Kier alpha value is -1.95. The highest BCUT2D eigenvalue weighted by Gasteiger charge is 2.23. The van der Waals surface area contributed by atoms with Crippen molar-refractivity contribution in [3.8, 4) is 5.75 Å². The van der Waals surface area contributed by atoms with Crippen LogP contribution in [0.5, 0.6) is 5.75 Å². The van der Waals surface area contributed by atoms with Crippen LogP contribution < -0.4 is 4.74 Å². The molecule has 1 unspecified atom stereocenters. The van der Waals surface area contributed by atoms with Gasteiger partial charge < -0.3 is 14.2 Å². The molecule has 1 aliphatic rings. The van der Waals surface area contributed by atoms with Gasteiger partial charge in [-0.2, -0.15) is 0 Å². The zero-order chi connectivity index (χ0) is 13.7. The van der Waals surface area contributed by atoms with Crippen molar-refractivity contribution < 1.29 is 23.8 Å². The number of carbonyl (C=O) groups excluding carboxylic acids is 2. The highest BCUT2D eigenvalue weighted by atomic mass is 32.2. The fraction of sp³-hybridized carbons (Fsp3) is 0.231. The lowest BCUT2D eigenvalue weighted by Gasteiger charge is -2.24. The van der Waals surface area contributed by atoms with Crippen LogP contribution in [0.3, 0.4) is 0 Å². The van der Waals surface area contributed by atoms with Gasteiger partial charge in [0, 0.05) is 11.0 Å². The maximum absolute atomic E-state index is 11.4. The number of carbonyl (C=O) groups is 2. The molecule has 1 aromatic rings. The molecule has 0 spiro atoms. The smallest absolute Gasteiger partial charge is 0.347 e. The molecule has 100 valence electrons. The van der Waals surface area contributed by atoms with Crippen molar-refractivity contribution in [3.63, 3.8) is 0 Å². The van der Waals surface area contributed by atoms with Gasteiger partial charge in [-0.15, -0.1) is 11.8 Å². The number of fused-ring (bicyclic) bond motifs is 1. The van der Waals surface area contributed by atoms with E-state index in [2.05, 4.69) is 11.3 Å². The van der Waals surface area contributed by atoms with E-state index in [-0.39, 0.29) is 0 Å². The summed E-state index contributed by atoms with van der Waals surface area (Å²) in [4.78, 5) is 23.2. The van der Waals surface area contributed by atoms with Crippen molar-refractivity contribution in [2.75, 3.05) is 12.4 Å². The number of rotatable bonds is 4. The number of benzene rings is 1. The number of ether oxygens (including phenoxy) is 3. The first-order valence-electron chi connectivity index (χ1n) is 5.56. The molecule has 1 heterocycles. The standard InChI is InChI=1S/C13H12O5S/c1-2-11(14)16-7-12(15)18-13-8-19-10-6-4-3-5-9(10)17-13/h2-6,13H,1,7-8H2. The Kier molecular flexibility index (Phi) is 4.46. The molecule has 1 aliphatic heterocycles. The van der Waals surface area contributed by atoms with Crippen LogP contribution in [-0.2, 0) is 19.1 Å². The quantitative estimate of drug-likeness (QED) is 0.619. The average molecular weight is 280 g/mol. The molecule has 0 bridgehead atoms. The van der Waals surface area contributed by atoms with Crippen LogP contribution >= 0.6 is 11.8 Å². The van der Waals surface area contributed by atoms with Crippen LogP contribution in [-0.4, -0.2) is 30.6 Å².